The summed E-state index contributed by atoms with van der Waals surface area (Å²) in [4.78, 5) is 21.4. The Balaban J connectivity index is 0.000000260. The van der Waals surface area contributed by atoms with Crippen molar-refractivity contribution < 1.29 is 34.4 Å². The van der Waals surface area contributed by atoms with Crippen molar-refractivity contribution in [1.82, 2.24) is 9.97 Å². The van der Waals surface area contributed by atoms with Crippen molar-refractivity contribution in [3.8, 4) is 11.3 Å². The number of ketones is 1. The van der Waals surface area contributed by atoms with Crippen LogP contribution < -0.4 is 0 Å². The predicted octanol–water partition coefficient (Wildman–Crippen LogP) is 12.0. The molecule has 2 heterocycles. The molecular weight excluding hydrogens is 785 g/mol. The number of hydrogen-bond acceptors (Lipinski definition) is 5. The zero-order chi connectivity index (χ0) is 34.6. The van der Waals surface area contributed by atoms with Gasteiger partial charge in [-0.15, -0.1) is 29.1 Å². The van der Waals surface area contributed by atoms with Crippen LogP contribution in [0, 0.1) is 22.8 Å². The number of aromatic nitrogens is 2. The Bertz CT molecular complexity index is 2100. The van der Waals surface area contributed by atoms with Crippen LogP contribution in [0.3, 0.4) is 0 Å². The van der Waals surface area contributed by atoms with Crippen LogP contribution in [0.25, 0.3) is 54.9 Å². The van der Waals surface area contributed by atoms with Crippen LogP contribution in [-0.4, -0.2) is 20.9 Å². The second-order valence-corrected chi connectivity index (χ2v) is 13.9. The standard InChI is InChI=1S/C28H21N2O.C15H28O2.Ir/c1-17(2)13-20-15-21(14-19-8-4-5-9-22(19)20)26-28-27(30-16-29-26)25-23-10-6-3-7-18(23)11-12-24(25)31-28;1-7-14(5,8-2)12(16)11-13(17)15(6,9-3)10-4;/h3-12,15-17H,13H2,1-2H3;11,16H,7-10H2,1-6H3;/q-1;;/b;12-11-;. The van der Waals surface area contributed by atoms with Crippen molar-refractivity contribution in [3.05, 3.63) is 96.5 Å². The number of carbonyl (C=O) groups excluding carboxylic acids is 1. The van der Waals surface area contributed by atoms with Crippen LogP contribution in [0.1, 0.15) is 86.6 Å². The smallest absolute Gasteiger partial charge is 0.164 e. The van der Waals surface area contributed by atoms with Crippen molar-refractivity contribution >= 4 is 49.4 Å². The summed E-state index contributed by atoms with van der Waals surface area (Å²) in [6.45, 7) is 16.6. The number of nitrogens with zero attached hydrogens (tertiary/aromatic N) is 2. The third-order valence-corrected chi connectivity index (χ3v) is 10.5. The number of hydrogen-bond donors (Lipinski definition) is 1. The molecule has 259 valence electrons. The number of aliphatic hydroxyl groups excluding tert-OH is 1. The molecule has 2 aromatic heterocycles. The number of rotatable bonds is 10. The fraction of sp³-hybridized carbons (Fsp3) is 0.372. The van der Waals surface area contributed by atoms with Crippen LogP contribution in [0.4, 0.5) is 0 Å². The van der Waals surface area contributed by atoms with E-state index in [9.17, 15) is 9.90 Å². The average Bonchev–Trinajstić information content (AvgIpc) is 3.50. The molecule has 0 aliphatic carbocycles. The predicted molar refractivity (Wildman–Crippen MR) is 200 cm³/mol. The Kier molecular flexibility index (Phi) is 12.2. The molecule has 0 saturated carbocycles. The van der Waals surface area contributed by atoms with Crippen LogP contribution in [0.2, 0.25) is 0 Å². The van der Waals surface area contributed by atoms with Crippen LogP contribution in [-0.2, 0) is 31.3 Å². The fourth-order valence-corrected chi connectivity index (χ4v) is 6.26. The van der Waals surface area contributed by atoms with Gasteiger partial charge in [0.15, 0.2) is 5.78 Å². The van der Waals surface area contributed by atoms with Crippen molar-refractivity contribution in [2.24, 2.45) is 16.7 Å². The van der Waals surface area contributed by atoms with Crippen molar-refractivity contribution in [2.75, 3.05) is 0 Å². The quantitative estimate of drug-likeness (QED) is 0.0845. The topological polar surface area (TPSA) is 76.2 Å². The van der Waals surface area contributed by atoms with Gasteiger partial charge in [-0.25, -0.2) is 4.98 Å². The Morgan fingerprint density at radius 1 is 0.878 bits per heavy atom. The zero-order valence-electron chi connectivity index (χ0n) is 30.1. The fourth-order valence-electron chi connectivity index (χ4n) is 6.26. The van der Waals surface area contributed by atoms with Gasteiger partial charge in [-0.3, -0.25) is 9.78 Å². The molecule has 6 heteroatoms. The van der Waals surface area contributed by atoms with Gasteiger partial charge in [0.05, 0.1) is 11.1 Å². The van der Waals surface area contributed by atoms with Gasteiger partial charge in [-0.05, 0) is 54.9 Å². The molecule has 0 unspecified atom stereocenters. The first kappa shape index (κ1) is 37.9. The van der Waals surface area contributed by atoms with Gasteiger partial charge in [0.1, 0.15) is 28.8 Å². The molecule has 0 aliphatic rings. The first-order chi connectivity index (χ1) is 23.0. The number of furan rings is 1. The molecule has 49 heavy (non-hydrogen) atoms. The van der Waals surface area contributed by atoms with Gasteiger partial charge in [0.25, 0.3) is 0 Å². The van der Waals surface area contributed by atoms with E-state index in [1.54, 1.807) is 6.33 Å². The summed E-state index contributed by atoms with van der Waals surface area (Å²) < 4.78 is 6.33. The molecular formula is C43H49IrN2O3-. The van der Waals surface area contributed by atoms with Crippen LogP contribution in [0.5, 0.6) is 0 Å². The maximum Gasteiger partial charge on any atom is 0.164 e. The van der Waals surface area contributed by atoms with E-state index in [2.05, 4.69) is 90.5 Å². The van der Waals surface area contributed by atoms with Crippen molar-refractivity contribution in [3.63, 3.8) is 0 Å². The van der Waals surface area contributed by atoms with E-state index in [1.165, 1.54) is 22.4 Å². The monoisotopic (exact) mass is 834 g/mol. The summed E-state index contributed by atoms with van der Waals surface area (Å²) in [6, 6.07) is 26.7. The third-order valence-electron chi connectivity index (χ3n) is 10.5. The molecule has 1 radical (unpaired) electrons. The Morgan fingerprint density at radius 3 is 2.16 bits per heavy atom. The maximum atomic E-state index is 12.2. The van der Waals surface area contributed by atoms with E-state index >= 15 is 0 Å². The molecule has 0 bridgehead atoms. The number of carbonyl (C=O) groups is 1. The summed E-state index contributed by atoms with van der Waals surface area (Å²) in [7, 11) is 0. The van der Waals surface area contributed by atoms with E-state index < -0.39 is 0 Å². The van der Waals surface area contributed by atoms with E-state index in [0.29, 0.717) is 5.92 Å². The van der Waals surface area contributed by atoms with Crippen LogP contribution >= 0.6 is 0 Å². The van der Waals surface area contributed by atoms with E-state index in [1.807, 2.05) is 47.6 Å². The molecule has 0 atom stereocenters. The molecule has 0 aliphatic heterocycles. The van der Waals surface area contributed by atoms with Gasteiger partial charge >= 0.3 is 0 Å². The molecule has 6 rings (SSSR count). The van der Waals surface area contributed by atoms with E-state index in [0.717, 1.165) is 76.2 Å². The van der Waals surface area contributed by atoms with Gasteiger partial charge in [0.2, 0.25) is 0 Å². The van der Waals surface area contributed by atoms with E-state index in [4.69, 9.17) is 4.42 Å². The number of aliphatic hydroxyl groups is 1. The minimum Gasteiger partial charge on any atom is -0.512 e. The number of benzene rings is 4. The summed E-state index contributed by atoms with van der Waals surface area (Å²) in [5.74, 6) is 0.843. The minimum atomic E-state index is -0.337. The van der Waals surface area contributed by atoms with Gasteiger partial charge < -0.3 is 9.52 Å². The first-order valence-electron chi connectivity index (χ1n) is 17.4. The zero-order valence-corrected chi connectivity index (χ0v) is 32.5. The molecule has 0 spiro atoms. The maximum absolute atomic E-state index is 12.2. The molecule has 0 saturated heterocycles. The minimum absolute atomic E-state index is 0. The first-order valence-corrected chi connectivity index (χ1v) is 17.4. The SMILES string of the molecule is CC(C)Cc1cc(-c2ncnc3c2oc2ccc4ccccc4c23)[c-]c2ccccc12.CCC(C)(CC)C(=O)/C=C(\O)C(C)(CC)CC.[Ir]. The normalized spacial score (nSPS) is 12.4. The van der Waals surface area contributed by atoms with Crippen molar-refractivity contribution in [2.45, 2.75) is 87.5 Å². The third kappa shape index (κ3) is 7.66. The number of allylic oxidation sites excluding steroid dienone is 2. The second-order valence-electron chi connectivity index (χ2n) is 13.9. The largest absolute Gasteiger partial charge is 0.512 e. The van der Waals surface area contributed by atoms with Crippen molar-refractivity contribution in [1.29, 1.82) is 0 Å². The van der Waals surface area contributed by atoms with Gasteiger partial charge in [0, 0.05) is 37.0 Å². The Morgan fingerprint density at radius 2 is 1.51 bits per heavy atom. The molecule has 0 amide bonds. The number of fused-ring (bicyclic) bond motifs is 6. The van der Waals surface area contributed by atoms with Gasteiger partial charge in [-0.1, -0.05) is 115 Å². The molecule has 1 N–H and O–H groups in total. The van der Waals surface area contributed by atoms with Crippen LogP contribution in [0.15, 0.2) is 89.3 Å². The average molecular weight is 834 g/mol. The molecule has 4 aromatic carbocycles. The second kappa shape index (κ2) is 15.8. The summed E-state index contributed by atoms with van der Waals surface area (Å²) in [5.41, 5.74) is 4.85. The summed E-state index contributed by atoms with van der Waals surface area (Å²) >= 11 is 0. The van der Waals surface area contributed by atoms with E-state index in [-0.39, 0.29) is 42.5 Å². The summed E-state index contributed by atoms with van der Waals surface area (Å²) in [5, 5.41) is 15.8. The molecule has 0 fully saturated rings. The Labute approximate surface area is 304 Å². The summed E-state index contributed by atoms with van der Waals surface area (Å²) in [6.07, 6.45) is 7.39. The van der Waals surface area contributed by atoms with Gasteiger partial charge in [-0.2, -0.15) is 0 Å². The molecule has 5 nitrogen and oxygen atoms in total. The molecule has 6 aromatic rings. The Hall–Kier alpha value is -3.86.